The highest BCUT2D eigenvalue weighted by atomic mass is 35.5. The number of nitrogens with one attached hydrogen (secondary N) is 1. The molecule has 1 N–H and O–H groups in total. The topological polar surface area (TPSA) is 84.9 Å². The first-order valence-electron chi connectivity index (χ1n) is 10.0. The second-order valence-electron chi connectivity index (χ2n) is 7.50. The van der Waals surface area contributed by atoms with E-state index in [1.54, 1.807) is 24.3 Å². The summed E-state index contributed by atoms with van der Waals surface area (Å²) in [6.07, 6.45) is 1.22. The van der Waals surface area contributed by atoms with Gasteiger partial charge >= 0.3 is 0 Å². The van der Waals surface area contributed by atoms with Gasteiger partial charge in [0.15, 0.2) is 0 Å². The maximum atomic E-state index is 13.3. The summed E-state index contributed by atoms with van der Waals surface area (Å²) in [5.74, 6) is 0.0565. The summed E-state index contributed by atoms with van der Waals surface area (Å²) in [7, 11) is -0.960. The number of halogens is 1. The zero-order valence-corrected chi connectivity index (χ0v) is 19.4. The Balaban J connectivity index is 1.75. The first-order chi connectivity index (χ1) is 14.8. The van der Waals surface area contributed by atoms with Crippen LogP contribution in [-0.2, 0) is 14.8 Å². The van der Waals surface area contributed by atoms with Crippen LogP contribution < -0.4 is 14.8 Å². The van der Waals surface area contributed by atoms with Gasteiger partial charge in [-0.05, 0) is 49.6 Å². The van der Waals surface area contributed by atoms with E-state index in [2.05, 4.69) is 5.32 Å². The minimum absolute atomic E-state index is 0.0324. The number of ether oxygens (including phenoxy) is 2. The molecule has 3 rings (SSSR count). The number of piperidine rings is 1. The molecule has 1 heterocycles. The van der Waals surface area contributed by atoms with Crippen LogP contribution >= 0.6 is 11.6 Å². The summed E-state index contributed by atoms with van der Waals surface area (Å²) in [6.45, 7) is 2.35. The van der Waals surface area contributed by atoms with Crippen LogP contribution in [0.4, 0.5) is 0 Å². The summed E-state index contributed by atoms with van der Waals surface area (Å²) in [6, 6.07) is 11.7. The van der Waals surface area contributed by atoms with E-state index in [-0.39, 0.29) is 29.1 Å². The molecule has 1 aliphatic heterocycles. The Labute approximate surface area is 188 Å². The second kappa shape index (κ2) is 9.89. The molecule has 7 nitrogen and oxygen atoms in total. The SMILES string of the molecule is COc1ccc(OC)c(S(=O)(=O)N2CCC[C@@H](C(=O)N[C@H](C)c3ccc(Cl)cc3)C2)c1. The Morgan fingerprint density at radius 2 is 1.87 bits per heavy atom. The van der Waals surface area contributed by atoms with Gasteiger partial charge in [0, 0.05) is 24.2 Å². The summed E-state index contributed by atoms with van der Waals surface area (Å²) in [5, 5.41) is 3.62. The molecule has 0 bridgehead atoms. The number of benzene rings is 2. The molecule has 2 aromatic carbocycles. The highest BCUT2D eigenvalue weighted by Gasteiger charge is 2.35. The fourth-order valence-corrected chi connectivity index (χ4v) is 5.49. The minimum Gasteiger partial charge on any atom is -0.497 e. The third-order valence-corrected chi connectivity index (χ3v) is 7.61. The monoisotopic (exact) mass is 466 g/mol. The average molecular weight is 467 g/mol. The van der Waals surface area contributed by atoms with Gasteiger partial charge in [-0.1, -0.05) is 23.7 Å². The molecule has 1 fully saturated rings. The van der Waals surface area contributed by atoms with Crippen molar-refractivity contribution >= 4 is 27.5 Å². The minimum atomic E-state index is -3.86. The molecule has 0 unspecified atom stereocenters. The number of carbonyl (C=O) groups is 1. The van der Waals surface area contributed by atoms with E-state index in [4.69, 9.17) is 21.1 Å². The normalized spacial score (nSPS) is 18.3. The molecule has 31 heavy (non-hydrogen) atoms. The summed E-state index contributed by atoms with van der Waals surface area (Å²) in [5.41, 5.74) is 0.930. The number of nitrogens with zero attached hydrogens (tertiary/aromatic N) is 1. The van der Waals surface area contributed by atoms with Crippen molar-refractivity contribution in [2.75, 3.05) is 27.3 Å². The molecule has 0 aromatic heterocycles. The lowest BCUT2D eigenvalue weighted by molar-refractivity contribution is -0.126. The molecule has 1 saturated heterocycles. The van der Waals surface area contributed by atoms with Gasteiger partial charge in [0.05, 0.1) is 26.2 Å². The van der Waals surface area contributed by atoms with Crippen LogP contribution in [0.2, 0.25) is 5.02 Å². The fraction of sp³-hybridized carbons (Fsp3) is 0.409. The van der Waals surface area contributed by atoms with E-state index < -0.39 is 15.9 Å². The van der Waals surface area contributed by atoms with Crippen LogP contribution in [0.5, 0.6) is 11.5 Å². The van der Waals surface area contributed by atoms with Gasteiger partial charge in [-0.25, -0.2) is 8.42 Å². The smallest absolute Gasteiger partial charge is 0.246 e. The largest absolute Gasteiger partial charge is 0.497 e. The Morgan fingerprint density at radius 3 is 2.52 bits per heavy atom. The quantitative estimate of drug-likeness (QED) is 0.673. The third-order valence-electron chi connectivity index (χ3n) is 5.47. The van der Waals surface area contributed by atoms with Crippen LogP contribution in [0.3, 0.4) is 0 Å². The van der Waals surface area contributed by atoms with Crippen molar-refractivity contribution in [2.24, 2.45) is 5.92 Å². The summed E-state index contributed by atoms with van der Waals surface area (Å²) >= 11 is 5.93. The predicted octanol–water partition coefficient (Wildman–Crippen LogP) is 3.64. The van der Waals surface area contributed by atoms with Crippen molar-refractivity contribution < 1.29 is 22.7 Å². The van der Waals surface area contributed by atoms with Crippen LogP contribution in [-0.4, -0.2) is 45.9 Å². The molecule has 168 valence electrons. The van der Waals surface area contributed by atoms with Crippen LogP contribution in [0.25, 0.3) is 0 Å². The van der Waals surface area contributed by atoms with Gasteiger partial charge in [0.2, 0.25) is 15.9 Å². The Kier molecular flexibility index (Phi) is 7.46. The Bertz CT molecular complexity index is 1030. The van der Waals surface area contributed by atoms with Gasteiger partial charge in [-0.15, -0.1) is 0 Å². The van der Waals surface area contributed by atoms with E-state index >= 15 is 0 Å². The molecule has 0 radical (unpaired) electrons. The van der Waals surface area contributed by atoms with Crippen LogP contribution in [0.15, 0.2) is 47.4 Å². The number of hydrogen-bond donors (Lipinski definition) is 1. The van der Waals surface area contributed by atoms with Crippen molar-refractivity contribution in [3.63, 3.8) is 0 Å². The first kappa shape index (κ1) is 23.4. The summed E-state index contributed by atoms with van der Waals surface area (Å²) in [4.78, 5) is 12.9. The standard InChI is InChI=1S/C22H27ClN2O5S/c1-15(16-6-8-18(23)9-7-16)24-22(26)17-5-4-12-25(14-17)31(27,28)21-13-19(29-2)10-11-20(21)30-3/h6-11,13,15,17H,4-5,12,14H2,1-3H3,(H,24,26)/t15-,17-/m1/s1. The molecule has 2 aromatic rings. The molecule has 0 aliphatic carbocycles. The lowest BCUT2D eigenvalue weighted by Gasteiger charge is -2.32. The molecule has 0 saturated carbocycles. The Hall–Kier alpha value is -2.29. The molecular formula is C22H27ClN2O5S. The highest BCUT2D eigenvalue weighted by Crippen LogP contribution is 2.33. The zero-order chi connectivity index (χ0) is 22.6. The van der Waals surface area contributed by atoms with Crippen molar-refractivity contribution in [3.05, 3.63) is 53.1 Å². The van der Waals surface area contributed by atoms with Crippen LogP contribution in [0.1, 0.15) is 31.4 Å². The van der Waals surface area contributed by atoms with Crippen molar-refractivity contribution in [3.8, 4) is 11.5 Å². The average Bonchev–Trinajstić information content (AvgIpc) is 2.79. The molecule has 1 aliphatic rings. The molecule has 2 atom stereocenters. The number of sulfonamides is 1. The number of carbonyl (C=O) groups excluding carboxylic acids is 1. The molecule has 0 spiro atoms. The van der Waals surface area contributed by atoms with E-state index in [1.807, 2.05) is 19.1 Å². The number of amides is 1. The second-order valence-corrected chi connectivity index (χ2v) is 9.84. The Morgan fingerprint density at radius 1 is 1.16 bits per heavy atom. The zero-order valence-electron chi connectivity index (χ0n) is 17.8. The van der Waals surface area contributed by atoms with Gasteiger partial charge in [0.25, 0.3) is 0 Å². The lowest BCUT2D eigenvalue weighted by atomic mass is 9.98. The maximum absolute atomic E-state index is 13.3. The number of hydrogen-bond acceptors (Lipinski definition) is 5. The van der Waals surface area contributed by atoms with Crippen molar-refractivity contribution in [2.45, 2.75) is 30.7 Å². The number of rotatable bonds is 7. The summed E-state index contributed by atoms with van der Waals surface area (Å²) < 4.78 is 38.4. The van der Waals surface area contributed by atoms with E-state index in [0.717, 1.165) is 5.56 Å². The van der Waals surface area contributed by atoms with Gasteiger partial charge in [0.1, 0.15) is 16.4 Å². The predicted molar refractivity (Wildman–Crippen MR) is 119 cm³/mol. The van der Waals surface area contributed by atoms with Gasteiger partial charge in [-0.2, -0.15) is 4.31 Å². The van der Waals surface area contributed by atoms with Gasteiger partial charge in [-0.3, -0.25) is 4.79 Å². The molecule has 9 heteroatoms. The van der Waals surface area contributed by atoms with Gasteiger partial charge < -0.3 is 14.8 Å². The molecule has 1 amide bonds. The van der Waals surface area contributed by atoms with E-state index in [0.29, 0.717) is 30.2 Å². The fourth-order valence-electron chi connectivity index (χ4n) is 3.67. The highest BCUT2D eigenvalue weighted by molar-refractivity contribution is 7.89. The van der Waals surface area contributed by atoms with Crippen LogP contribution in [0, 0.1) is 5.92 Å². The van der Waals surface area contributed by atoms with Crippen molar-refractivity contribution in [1.29, 1.82) is 0 Å². The number of methoxy groups -OCH3 is 2. The third kappa shape index (κ3) is 5.31. The maximum Gasteiger partial charge on any atom is 0.246 e. The first-order valence-corrected chi connectivity index (χ1v) is 11.9. The lowest BCUT2D eigenvalue weighted by Crippen LogP contribution is -2.45. The van der Waals surface area contributed by atoms with E-state index in [9.17, 15) is 13.2 Å². The van der Waals surface area contributed by atoms with Crippen molar-refractivity contribution in [1.82, 2.24) is 9.62 Å². The molecular weight excluding hydrogens is 440 g/mol. The van der Waals surface area contributed by atoms with E-state index in [1.165, 1.54) is 24.6 Å².